The van der Waals surface area contributed by atoms with E-state index in [2.05, 4.69) is 25.5 Å². The molecule has 2 aliphatic heterocycles. The second-order valence-electron chi connectivity index (χ2n) is 7.64. The maximum atomic E-state index is 12.8. The topological polar surface area (TPSA) is 104 Å². The fourth-order valence-electron chi connectivity index (χ4n) is 3.93. The van der Waals surface area contributed by atoms with Gasteiger partial charge in [-0.25, -0.2) is 4.98 Å². The number of hydrogen-bond acceptors (Lipinski definition) is 7. The van der Waals surface area contributed by atoms with Gasteiger partial charge in [-0.2, -0.15) is 0 Å². The molecule has 5 rings (SSSR count). The van der Waals surface area contributed by atoms with Gasteiger partial charge in [-0.1, -0.05) is 17.7 Å². The summed E-state index contributed by atoms with van der Waals surface area (Å²) in [5.41, 5.74) is 4.09. The lowest BCUT2D eigenvalue weighted by atomic mass is 10.1. The molecule has 1 fully saturated rings. The molecule has 2 N–H and O–H groups in total. The van der Waals surface area contributed by atoms with Crippen LogP contribution in [-0.2, 0) is 6.54 Å². The molecular weight excluding hydrogens is 396 g/mol. The van der Waals surface area contributed by atoms with Gasteiger partial charge in [-0.3, -0.25) is 19.5 Å². The number of amides is 2. The van der Waals surface area contributed by atoms with Crippen LogP contribution in [0.2, 0.25) is 0 Å². The number of fused-ring (bicyclic) bond motifs is 1. The largest absolute Gasteiger partial charge is 0.416 e. The zero-order chi connectivity index (χ0) is 21.4. The van der Waals surface area contributed by atoms with E-state index in [-0.39, 0.29) is 17.7 Å². The minimum atomic E-state index is -0.490. The lowest BCUT2D eigenvalue weighted by Gasteiger charge is -2.30. The highest BCUT2D eigenvalue weighted by atomic mass is 16.4. The smallest absolute Gasteiger partial charge is 0.311 e. The number of aromatic nitrogens is 2. The maximum absolute atomic E-state index is 12.8. The Balaban J connectivity index is 1.33. The van der Waals surface area contributed by atoms with Gasteiger partial charge in [-0.05, 0) is 24.6 Å². The van der Waals surface area contributed by atoms with E-state index in [1.165, 1.54) is 11.1 Å². The molecule has 0 unspecified atom stereocenters. The van der Waals surface area contributed by atoms with Crippen molar-refractivity contribution in [2.24, 2.45) is 0 Å². The predicted octanol–water partition coefficient (Wildman–Crippen LogP) is 2.20. The van der Waals surface area contributed by atoms with E-state index in [1.807, 2.05) is 31.2 Å². The zero-order valence-electron chi connectivity index (χ0n) is 17.1. The molecule has 2 aliphatic rings. The number of benzene rings is 1. The quantitative estimate of drug-likeness (QED) is 0.669. The van der Waals surface area contributed by atoms with E-state index in [0.717, 1.165) is 43.0 Å². The summed E-state index contributed by atoms with van der Waals surface area (Å²) in [6, 6.07) is 7.65. The minimum Gasteiger partial charge on any atom is -0.416 e. The summed E-state index contributed by atoms with van der Waals surface area (Å²) in [7, 11) is 0. The first-order valence-electron chi connectivity index (χ1n) is 10.2. The summed E-state index contributed by atoms with van der Waals surface area (Å²) in [6.45, 7) is 5.77. The van der Waals surface area contributed by atoms with Gasteiger partial charge >= 0.3 is 5.91 Å². The lowest BCUT2D eigenvalue weighted by molar-refractivity contribution is 0.0972. The normalized spacial score (nSPS) is 15.8. The van der Waals surface area contributed by atoms with Gasteiger partial charge in [0.1, 0.15) is 0 Å². The number of carbonyl (C=O) groups is 2. The number of nitrogens with zero attached hydrogens (tertiary/aromatic N) is 4. The highest BCUT2D eigenvalue weighted by Crippen LogP contribution is 2.30. The number of pyridine rings is 1. The SMILES string of the molecule is Cc1ccc2c(c1)C(=O)N(c1cnc(C(=O)Nc3cnccc3N3CCNCC3)o1)C2. The average molecular weight is 418 g/mol. The van der Waals surface area contributed by atoms with Crippen LogP contribution in [0.5, 0.6) is 0 Å². The fourth-order valence-corrected chi connectivity index (χ4v) is 3.93. The Morgan fingerprint density at radius 2 is 2.03 bits per heavy atom. The Morgan fingerprint density at radius 1 is 1.19 bits per heavy atom. The molecule has 0 bridgehead atoms. The molecule has 0 saturated carbocycles. The summed E-state index contributed by atoms with van der Waals surface area (Å²) < 4.78 is 5.66. The number of anilines is 3. The molecule has 2 amide bonds. The van der Waals surface area contributed by atoms with Crippen molar-refractivity contribution in [3.05, 3.63) is 65.4 Å². The Kier molecular flexibility index (Phi) is 4.87. The van der Waals surface area contributed by atoms with Gasteiger partial charge in [0.25, 0.3) is 11.8 Å². The zero-order valence-corrected chi connectivity index (χ0v) is 17.1. The van der Waals surface area contributed by atoms with Gasteiger partial charge in [0, 0.05) is 37.9 Å². The first-order valence-corrected chi connectivity index (χ1v) is 10.2. The highest BCUT2D eigenvalue weighted by Gasteiger charge is 2.31. The number of nitrogens with one attached hydrogen (secondary N) is 2. The monoisotopic (exact) mass is 418 g/mol. The van der Waals surface area contributed by atoms with Crippen LogP contribution in [0.1, 0.15) is 32.2 Å². The van der Waals surface area contributed by atoms with Crippen LogP contribution < -0.4 is 20.4 Å². The molecule has 0 aliphatic carbocycles. The molecule has 9 nitrogen and oxygen atoms in total. The van der Waals surface area contributed by atoms with Crippen molar-refractivity contribution in [1.29, 1.82) is 0 Å². The Morgan fingerprint density at radius 3 is 2.87 bits per heavy atom. The molecule has 31 heavy (non-hydrogen) atoms. The third-order valence-electron chi connectivity index (χ3n) is 5.53. The fraction of sp³-hybridized carbons (Fsp3) is 0.273. The molecular formula is C22H22N6O3. The van der Waals surface area contributed by atoms with Crippen LogP contribution >= 0.6 is 0 Å². The molecule has 4 heterocycles. The van der Waals surface area contributed by atoms with Crippen molar-refractivity contribution in [1.82, 2.24) is 15.3 Å². The van der Waals surface area contributed by atoms with Crippen molar-refractivity contribution < 1.29 is 14.0 Å². The molecule has 1 saturated heterocycles. The lowest BCUT2D eigenvalue weighted by Crippen LogP contribution is -2.43. The van der Waals surface area contributed by atoms with Crippen LogP contribution in [0.15, 0.2) is 47.3 Å². The van der Waals surface area contributed by atoms with Crippen LogP contribution in [0, 0.1) is 6.92 Å². The number of aryl methyl sites for hydroxylation is 1. The minimum absolute atomic E-state index is 0.106. The van der Waals surface area contributed by atoms with Gasteiger partial charge in [0.2, 0.25) is 5.88 Å². The second-order valence-corrected chi connectivity index (χ2v) is 7.64. The summed E-state index contributed by atoms with van der Waals surface area (Å²) in [5, 5.41) is 6.15. The van der Waals surface area contributed by atoms with Crippen LogP contribution in [0.3, 0.4) is 0 Å². The third kappa shape index (κ3) is 3.64. The average Bonchev–Trinajstić information content (AvgIpc) is 3.40. The van der Waals surface area contributed by atoms with E-state index in [1.54, 1.807) is 12.4 Å². The molecule has 0 spiro atoms. The summed E-state index contributed by atoms with van der Waals surface area (Å²) in [5.74, 6) is -0.506. The molecule has 3 aromatic rings. The molecule has 0 radical (unpaired) electrons. The van der Waals surface area contributed by atoms with E-state index in [4.69, 9.17) is 4.42 Å². The highest BCUT2D eigenvalue weighted by molar-refractivity contribution is 6.09. The van der Waals surface area contributed by atoms with E-state index < -0.39 is 5.91 Å². The molecule has 1 aromatic carbocycles. The van der Waals surface area contributed by atoms with Crippen molar-refractivity contribution in [3.8, 4) is 0 Å². The van der Waals surface area contributed by atoms with E-state index in [0.29, 0.717) is 17.8 Å². The number of oxazole rings is 1. The molecule has 0 atom stereocenters. The number of rotatable bonds is 4. The summed E-state index contributed by atoms with van der Waals surface area (Å²) in [4.78, 5) is 37.5. The van der Waals surface area contributed by atoms with E-state index >= 15 is 0 Å². The third-order valence-corrected chi connectivity index (χ3v) is 5.53. The summed E-state index contributed by atoms with van der Waals surface area (Å²) in [6.07, 6.45) is 4.72. The first kappa shape index (κ1) is 19.3. The Bertz CT molecular complexity index is 1150. The molecule has 9 heteroatoms. The van der Waals surface area contributed by atoms with Gasteiger partial charge in [0.15, 0.2) is 0 Å². The maximum Gasteiger partial charge on any atom is 0.311 e. The van der Waals surface area contributed by atoms with Crippen molar-refractivity contribution in [3.63, 3.8) is 0 Å². The van der Waals surface area contributed by atoms with E-state index in [9.17, 15) is 9.59 Å². The second kappa shape index (κ2) is 7.84. The van der Waals surface area contributed by atoms with Crippen molar-refractivity contribution >= 4 is 29.1 Å². The van der Waals surface area contributed by atoms with Crippen molar-refractivity contribution in [2.45, 2.75) is 13.5 Å². The summed E-state index contributed by atoms with van der Waals surface area (Å²) >= 11 is 0. The van der Waals surface area contributed by atoms with Crippen LogP contribution in [-0.4, -0.2) is 48.0 Å². The first-order chi connectivity index (χ1) is 15.1. The number of hydrogen-bond donors (Lipinski definition) is 2. The van der Waals surface area contributed by atoms with Crippen LogP contribution in [0.4, 0.5) is 17.3 Å². The van der Waals surface area contributed by atoms with Crippen LogP contribution in [0.25, 0.3) is 0 Å². The Labute approximate surface area is 179 Å². The number of piperazine rings is 1. The van der Waals surface area contributed by atoms with Crippen molar-refractivity contribution in [2.75, 3.05) is 41.3 Å². The van der Waals surface area contributed by atoms with Gasteiger partial charge in [0.05, 0.1) is 30.3 Å². The van der Waals surface area contributed by atoms with Gasteiger partial charge < -0.3 is 20.0 Å². The predicted molar refractivity (Wildman–Crippen MR) is 115 cm³/mol. The Hall–Kier alpha value is -3.72. The standard InChI is InChI=1S/C22H22N6O3/c1-14-2-3-15-13-28(22(30)16(15)10-14)19-12-25-21(31-19)20(29)26-17-11-24-5-4-18(17)27-8-6-23-7-9-27/h2-5,10-12,23H,6-9,13H2,1H3,(H,26,29). The number of carbonyl (C=O) groups excluding carboxylic acids is 2. The molecule has 2 aromatic heterocycles. The van der Waals surface area contributed by atoms with Gasteiger partial charge in [-0.15, -0.1) is 0 Å². The molecule has 158 valence electrons.